The molecule has 0 unspecified atom stereocenters. The van der Waals surface area contributed by atoms with E-state index in [1.165, 1.54) is 24.3 Å². The molecule has 24 heavy (non-hydrogen) atoms. The van der Waals surface area contributed by atoms with Crippen molar-refractivity contribution in [2.24, 2.45) is 0 Å². The zero-order valence-corrected chi connectivity index (χ0v) is 14.3. The Morgan fingerprint density at radius 2 is 1.71 bits per heavy atom. The van der Waals surface area contributed by atoms with Crippen molar-refractivity contribution in [1.82, 2.24) is 0 Å². The highest BCUT2D eigenvalue weighted by molar-refractivity contribution is 7.92. The van der Waals surface area contributed by atoms with Crippen molar-refractivity contribution in [3.8, 4) is 5.75 Å². The van der Waals surface area contributed by atoms with E-state index in [0.717, 1.165) is 12.1 Å². The maximum absolute atomic E-state index is 12.4. The van der Waals surface area contributed by atoms with E-state index in [2.05, 4.69) is 4.74 Å². The average Bonchev–Trinajstić information content (AvgIpc) is 2.43. The number of aryl methyl sites for hydroxylation is 1. The molecule has 0 spiro atoms. The Hall–Kier alpha value is -1.64. The number of para-hydroxylation sites is 2. The SMILES string of the molecule is Cc1cc(S(=O)(=O)Nc2ccccc2OC(F)(F)F)c(Cl)cc1Cl. The van der Waals surface area contributed by atoms with Crippen LogP contribution >= 0.6 is 23.2 Å². The second-order valence-corrected chi connectivity index (χ2v) is 7.15. The van der Waals surface area contributed by atoms with E-state index < -0.39 is 22.1 Å². The quantitative estimate of drug-likeness (QED) is 0.786. The van der Waals surface area contributed by atoms with Crippen molar-refractivity contribution < 1.29 is 26.3 Å². The summed E-state index contributed by atoms with van der Waals surface area (Å²) in [6.07, 6.45) is -4.96. The van der Waals surface area contributed by atoms with E-state index in [0.29, 0.717) is 5.56 Å². The van der Waals surface area contributed by atoms with Gasteiger partial charge in [-0.3, -0.25) is 4.72 Å². The van der Waals surface area contributed by atoms with Crippen LogP contribution in [0.2, 0.25) is 10.0 Å². The highest BCUT2D eigenvalue weighted by atomic mass is 35.5. The van der Waals surface area contributed by atoms with E-state index in [-0.39, 0.29) is 20.6 Å². The van der Waals surface area contributed by atoms with Gasteiger partial charge in [0.2, 0.25) is 0 Å². The number of alkyl halides is 3. The van der Waals surface area contributed by atoms with Crippen molar-refractivity contribution in [2.45, 2.75) is 18.2 Å². The van der Waals surface area contributed by atoms with Gasteiger partial charge in [-0.05, 0) is 36.8 Å². The van der Waals surface area contributed by atoms with E-state index in [4.69, 9.17) is 23.2 Å². The summed E-state index contributed by atoms with van der Waals surface area (Å²) >= 11 is 11.7. The van der Waals surface area contributed by atoms with Crippen molar-refractivity contribution >= 4 is 38.9 Å². The second kappa shape index (κ2) is 6.70. The number of hydrogen-bond acceptors (Lipinski definition) is 3. The highest BCUT2D eigenvalue weighted by Crippen LogP contribution is 2.34. The van der Waals surface area contributed by atoms with Gasteiger partial charge in [0.05, 0.1) is 10.7 Å². The number of rotatable bonds is 4. The Morgan fingerprint density at radius 1 is 1.08 bits per heavy atom. The number of nitrogens with one attached hydrogen (secondary N) is 1. The summed E-state index contributed by atoms with van der Waals surface area (Å²) in [6, 6.07) is 7.22. The normalized spacial score (nSPS) is 12.1. The minimum absolute atomic E-state index is 0.160. The van der Waals surface area contributed by atoms with E-state index in [1.807, 2.05) is 4.72 Å². The molecule has 0 aliphatic heterocycles. The molecular weight excluding hydrogens is 390 g/mol. The molecule has 0 aliphatic carbocycles. The van der Waals surface area contributed by atoms with Gasteiger partial charge in [0.1, 0.15) is 4.90 Å². The van der Waals surface area contributed by atoms with Gasteiger partial charge < -0.3 is 4.74 Å². The number of ether oxygens (including phenoxy) is 1. The molecule has 130 valence electrons. The molecule has 0 aromatic heterocycles. The first-order valence-corrected chi connectivity index (χ1v) is 8.57. The van der Waals surface area contributed by atoms with Crippen LogP contribution in [0.5, 0.6) is 5.75 Å². The van der Waals surface area contributed by atoms with Crippen LogP contribution in [0.4, 0.5) is 18.9 Å². The Morgan fingerprint density at radius 3 is 2.33 bits per heavy atom. The van der Waals surface area contributed by atoms with E-state index in [1.54, 1.807) is 6.92 Å². The van der Waals surface area contributed by atoms with Crippen LogP contribution in [0.25, 0.3) is 0 Å². The standard InChI is InChI=1S/C14H10Cl2F3NO3S/c1-8-6-13(10(16)7-9(8)15)24(21,22)20-11-4-2-3-5-12(11)23-14(17,18)19/h2-7,20H,1H3. The Bertz CT molecular complexity index is 870. The molecular formula is C14H10Cl2F3NO3S. The molecule has 2 aromatic rings. The van der Waals surface area contributed by atoms with Crippen molar-refractivity contribution in [1.29, 1.82) is 0 Å². The van der Waals surface area contributed by atoms with Gasteiger partial charge in [-0.2, -0.15) is 0 Å². The summed E-state index contributed by atoms with van der Waals surface area (Å²) < 4.78 is 67.9. The summed E-state index contributed by atoms with van der Waals surface area (Å²) in [5.74, 6) is -0.685. The molecule has 0 saturated heterocycles. The van der Waals surface area contributed by atoms with Gasteiger partial charge in [-0.1, -0.05) is 35.3 Å². The fourth-order valence-corrected chi connectivity index (χ4v) is 3.70. The van der Waals surface area contributed by atoms with Crippen LogP contribution in [-0.2, 0) is 10.0 Å². The number of sulfonamides is 1. The molecule has 0 radical (unpaired) electrons. The summed E-state index contributed by atoms with van der Waals surface area (Å²) in [5.41, 5.74) is 0.0692. The lowest BCUT2D eigenvalue weighted by atomic mass is 10.2. The monoisotopic (exact) mass is 399 g/mol. The fourth-order valence-electron chi connectivity index (χ4n) is 1.80. The average molecular weight is 400 g/mol. The molecule has 0 heterocycles. The van der Waals surface area contributed by atoms with Crippen molar-refractivity contribution in [3.63, 3.8) is 0 Å². The second-order valence-electron chi connectivity index (χ2n) is 4.68. The van der Waals surface area contributed by atoms with Crippen LogP contribution in [-0.4, -0.2) is 14.8 Å². The van der Waals surface area contributed by atoms with Crippen LogP contribution < -0.4 is 9.46 Å². The lowest BCUT2D eigenvalue weighted by Gasteiger charge is -2.15. The predicted octanol–water partition coefficient (Wildman–Crippen LogP) is 5.00. The van der Waals surface area contributed by atoms with Gasteiger partial charge in [0.15, 0.2) is 5.75 Å². The van der Waals surface area contributed by atoms with E-state index >= 15 is 0 Å². The maximum atomic E-state index is 12.4. The summed E-state index contributed by atoms with van der Waals surface area (Å²) in [7, 11) is -4.25. The molecule has 2 aromatic carbocycles. The van der Waals surface area contributed by atoms with Crippen LogP contribution in [0.3, 0.4) is 0 Å². The van der Waals surface area contributed by atoms with Gasteiger partial charge in [0, 0.05) is 5.02 Å². The molecule has 0 amide bonds. The van der Waals surface area contributed by atoms with Crippen LogP contribution in [0.15, 0.2) is 41.3 Å². The third-order valence-electron chi connectivity index (χ3n) is 2.86. The molecule has 0 fully saturated rings. The van der Waals surface area contributed by atoms with Gasteiger partial charge in [-0.25, -0.2) is 8.42 Å². The van der Waals surface area contributed by atoms with Crippen molar-refractivity contribution in [2.75, 3.05) is 4.72 Å². The summed E-state index contributed by atoms with van der Waals surface area (Å²) in [4.78, 5) is -0.312. The molecule has 0 bridgehead atoms. The highest BCUT2D eigenvalue weighted by Gasteiger charge is 2.32. The first-order valence-electron chi connectivity index (χ1n) is 6.33. The number of anilines is 1. The number of benzene rings is 2. The third-order valence-corrected chi connectivity index (χ3v) is 5.10. The molecule has 0 aliphatic rings. The maximum Gasteiger partial charge on any atom is 0.573 e. The summed E-state index contributed by atoms with van der Waals surface area (Å²) in [5, 5.41) is 0.104. The molecule has 10 heteroatoms. The Balaban J connectivity index is 2.43. The van der Waals surface area contributed by atoms with Crippen LogP contribution in [0, 0.1) is 6.92 Å². The Kier molecular flexibility index (Phi) is 5.22. The first kappa shape index (κ1) is 18.7. The molecule has 1 N–H and O–H groups in total. The lowest BCUT2D eigenvalue weighted by molar-refractivity contribution is -0.274. The summed E-state index contributed by atoms with van der Waals surface area (Å²) in [6.45, 7) is 1.57. The molecule has 2 rings (SSSR count). The smallest absolute Gasteiger partial charge is 0.404 e. The van der Waals surface area contributed by atoms with Gasteiger partial charge in [0.25, 0.3) is 10.0 Å². The van der Waals surface area contributed by atoms with Gasteiger partial charge >= 0.3 is 6.36 Å². The van der Waals surface area contributed by atoms with E-state index in [9.17, 15) is 21.6 Å². The van der Waals surface area contributed by atoms with Crippen LogP contribution in [0.1, 0.15) is 5.56 Å². The largest absolute Gasteiger partial charge is 0.573 e. The topological polar surface area (TPSA) is 55.4 Å². The zero-order chi connectivity index (χ0) is 18.1. The minimum Gasteiger partial charge on any atom is -0.404 e. The Labute approximate surface area is 146 Å². The minimum atomic E-state index is -4.96. The zero-order valence-electron chi connectivity index (χ0n) is 12.0. The number of hydrogen-bond donors (Lipinski definition) is 1. The first-order chi connectivity index (χ1) is 11.0. The molecule has 0 saturated carbocycles. The van der Waals surface area contributed by atoms with Crippen molar-refractivity contribution in [3.05, 3.63) is 52.0 Å². The lowest BCUT2D eigenvalue weighted by Crippen LogP contribution is -2.20. The molecule has 4 nitrogen and oxygen atoms in total. The number of halogens is 5. The van der Waals surface area contributed by atoms with Gasteiger partial charge in [-0.15, -0.1) is 13.2 Å². The molecule has 0 atom stereocenters. The fraction of sp³-hybridized carbons (Fsp3) is 0.143. The third kappa shape index (κ3) is 4.46. The predicted molar refractivity (Wildman–Crippen MR) is 85.1 cm³/mol.